The Bertz CT molecular complexity index is 867. The molecule has 0 saturated carbocycles. The van der Waals surface area contributed by atoms with E-state index >= 15 is 0 Å². The van der Waals surface area contributed by atoms with Crippen LogP contribution in [0.25, 0.3) is 0 Å². The Morgan fingerprint density at radius 1 is 1.21 bits per heavy atom. The van der Waals surface area contributed by atoms with Gasteiger partial charge in [-0.25, -0.2) is 9.78 Å². The van der Waals surface area contributed by atoms with Gasteiger partial charge in [-0.15, -0.1) is 0 Å². The number of nitrogens with zero attached hydrogens (tertiary/aromatic N) is 1. The molecule has 2 aromatic rings. The van der Waals surface area contributed by atoms with Crippen LogP contribution in [0.3, 0.4) is 0 Å². The highest BCUT2D eigenvalue weighted by molar-refractivity contribution is 7.99. The number of aromatic nitrogens is 2. The van der Waals surface area contributed by atoms with Crippen molar-refractivity contribution in [3.63, 3.8) is 0 Å². The molecule has 0 atom stereocenters. The number of esters is 1. The molecule has 2 rings (SSSR count). The smallest absolute Gasteiger partial charge is 0.340 e. The molecular formula is C20H25N3O4S. The zero-order valence-corrected chi connectivity index (χ0v) is 16.9. The molecule has 0 aliphatic heterocycles. The Labute approximate surface area is 168 Å². The monoisotopic (exact) mass is 403 g/mol. The Morgan fingerprint density at radius 3 is 2.75 bits per heavy atom. The number of anilines is 1. The zero-order valence-electron chi connectivity index (χ0n) is 16.1. The summed E-state index contributed by atoms with van der Waals surface area (Å²) < 4.78 is 5.22. The van der Waals surface area contributed by atoms with Gasteiger partial charge in [-0.2, -0.15) is 0 Å². The number of para-hydroxylation sites is 1. The summed E-state index contributed by atoms with van der Waals surface area (Å²) in [6, 6.07) is 8.19. The second-order valence-electron chi connectivity index (χ2n) is 6.16. The van der Waals surface area contributed by atoms with Gasteiger partial charge in [0.15, 0.2) is 5.16 Å². The number of benzene rings is 1. The van der Waals surface area contributed by atoms with Crippen LogP contribution in [0.2, 0.25) is 0 Å². The Hall–Kier alpha value is -2.61. The normalized spacial score (nSPS) is 10.5. The highest BCUT2D eigenvalue weighted by Crippen LogP contribution is 2.18. The van der Waals surface area contributed by atoms with E-state index in [0.29, 0.717) is 35.1 Å². The Morgan fingerprint density at radius 2 is 2.00 bits per heavy atom. The van der Waals surface area contributed by atoms with Gasteiger partial charge in [0.1, 0.15) is 0 Å². The minimum atomic E-state index is -0.463. The third kappa shape index (κ3) is 6.84. The molecule has 0 spiro atoms. The average molecular weight is 404 g/mol. The Balaban J connectivity index is 1.98. The van der Waals surface area contributed by atoms with E-state index in [4.69, 9.17) is 4.74 Å². The summed E-state index contributed by atoms with van der Waals surface area (Å²) in [7, 11) is 0. The maximum Gasteiger partial charge on any atom is 0.340 e. The average Bonchev–Trinajstić information content (AvgIpc) is 2.67. The topological polar surface area (TPSA) is 101 Å². The largest absolute Gasteiger partial charge is 0.462 e. The van der Waals surface area contributed by atoms with E-state index in [1.165, 1.54) is 6.07 Å². The van der Waals surface area contributed by atoms with Crippen molar-refractivity contribution in [2.75, 3.05) is 17.7 Å². The van der Waals surface area contributed by atoms with Gasteiger partial charge in [0.2, 0.25) is 5.91 Å². The first-order valence-electron chi connectivity index (χ1n) is 9.32. The van der Waals surface area contributed by atoms with Gasteiger partial charge in [-0.1, -0.05) is 50.6 Å². The molecule has 2 N–H and O–H groups in total. The predicted octanol–water partition coefficient (Wildman–Crippen LogP) is 3.41. The molecule has 0 aliphatic carbocycles. The van der Waals surface area contributed by atoms with Crippen LogP contribution in [-0.4, -0.2) is 34.2 Å². The van der Waals surface area contributed by atoms with Gasteiger partial charge in [0.05, 0.1) is 23.6 Å². The number of hydrogen-bond donors (Lipinski definition) is 2. The van der Waals surface area contributed by atoms with Crippen molar-refractivity contribution in [2.45, 2.75) is 44.7 Å². The number of aromatic amines is 1. The van der Waals surface area contributed by atoms with Crippen molar-refractivity contribution in [1.82, 2.24) is 9.97 Å². The molecule has 8 heteroatoms. The fourth-order valence-electron chi connectivity index (χ4n) is 2.41. The second kappa shape index (κ2) is 11.3. The first kappa shape index (κ1) is 21.7. The molecule has 28 heavy (non-hydrogen) atoms. The highest BCUT2D eigenvalue weighted by Gasteiger charge is 2.15. The highest BCUT2D eigenvalue weighted by atomic mass is 32.2. The van der Waals surface area contributed by atoms with Crippen LogP contribution in [0.5, 0.6) is 0 Å². The van der Waals surface area contributed by atoms with Gasteiger partial charge >= 0.3 is 5.97 Å². The molecule has 0 radical (unpaired) electrons. The lowest BCUT2D eigenvalue weighted by atomic mass is 10.2. The first-order chi connectivity index (χ1) is 13.5. The van der Waals surface area contributed by atoms with Crippen LogP contribution in [0.4, 0.5) is 5.69 Å². The Kier molecular flexibility index (Phi) is 8.74. The zero-order chi connectivity index (χ0) is 20.4. The number of ether oxygens (including phenoxy) is 1. The molecule has 0 unspecified atom stereocenters. The summed E-state index contributed by atoms with van der Waals surface area (Å²) in [4.78, 5) is 43.2. The number of H-pyrrole nitrogens is 1. The summed E-state index contributed by atoms with van der Waals surface area (Å²) >= 11 is 1.14. The van der Waals surface area contributed by atoms with Crippen molar-refractivity contribution in [2.24, 2.45) is 0 Å². The number of hydrogen-bond acceptors (Lipinski definition) is 6. The molecule has 1 heterocycles. The van der Waals surface area contributed by atoms with Crippen molar-refractivity contribution in [3.05, 3.63) is 51.9 Å². The number of unbranched alkanes of at least 4 members (excludes halogenated alkanes) is 1. The quantitative estimate of drug-likeness (QED) is 0.273. The van der Waals surface area contributed by atoms with Crippen LogP contribution in [-0.2, 0) is 16.0 Å². The van der Waals surface area contributed by atoms with Gasteiger partial charge in [0, 0.05) is 11.8 Å². The van der Waals surface area contributed by atoms with Gasteiger partial charge in [-0.3, -0.25) is 9.59 Å². The van der Waals surface area contributed by atoms with E-state index in [0.717, 1.165) is 31.0 Å². The van der Waals surface area contributed by atoms with E-state index in [9.17, 15) is 14.4 Å². The number of nitrogens with one attached hydrogen (secondary N) is 2. The van der Waals surface area contributed by atoms with E-state index in [2.05, 4.69) is 15.3 Å². The molecule has 7 nitrogen and oxygen atoms in total. The number of carbonyl (C=O) groups excluding carboxylic acids is 2. The van der Waals surface area contributed by atoms with E-state index < -0.39 is 5.97 Å². The molecule has 0 aliphatic rings. The second-order valence-corrected chi connectivity index (χ2v) is 7.13. The SMILES string of the molecule is CCCCOC(=O)c1ccccc1NC(=O)CSc1nc(CCC)cc(=O)[nH]1. The molecule has 0 bridgehead atoms. The molecule has 1 amide bonds. The third-order valence-electron chi connectivity index (χ3n) is 3.77. The van der Waals surface area contributed by atoms with Gasteiger partial charge < -0.3 is 15.0 Å². The number of rotatable bonds is 10. The molecule has 0 saturated heterocycles. The van der Waals surface area contributed by atoms with Crippen molar-refractivity contribution in [3.8, 4) is 0 Å². The third-order valence-corrected chi connectivity index (χ3v) is 4.64. The van der Waals surface area contributed by atoms with E-state index in [-0.39, 0.29) is 17.2 Å². The minimum absolute atomic E-state index is 0.0533. The van der Waals surface area contributed by atoms with E-state index in [1.54, 1.807) is 24.3 Å². The molecular weight excluding hydrogens is 378 g/mol. The summed E-state index contributed by atoms with van der Waals surface area (Å²) in [5.41, 5.74) is 1.18. The minimum Gasteiger partial charge on any atom is -0.462 e. The number of carbonyl (C=O) groups is 2. The fourth-order valence-corrected chi connectivity index (χ4v) is 3.11. The van der Waals surface area contributed by atoms with E-state index in [1.807, 2.05) is 13.8 Å². The van der Waals surface area contributed by atoms with Crippen molar-refractivity contribution >= 4 is 29.3 Å². The summed E-state index contributed by atoms with van der Waals surface area (Å²) in [6.45, 7) is 4.37. The lowest BCUT2D eigenvalue weighted by Crippen LogP contribution is -2.18. The summed E-state index contributed by atoms with van der Waals surface area (Å²) in [5.74, 6) is -0.713. The lowest BCUT2D eigenvalue weighted by Gasteiger charge is -2.11. The van der Waals surface area contributed by atoms with Crippen LogP contribution in [0.1, 0.15) is 49.2 Å². The first-order valence-corrected chi connectivity index (χ1v) is 10.3. The van der Waals surface area contributed by atoms with Crippen LogP contribution in [0.15, 0.2) is 40.3 Å². The number of thioether (sulfide) groups is 1. The van der Waals surface area contributed by atoms with Gasteiger partial charge in [-0.05, 0) is 25.0 Å². The number of aryl methyl sites for hydroxylation is 1. The lowest BCUT2D eigenvalue weighted by molar-refractivity contribution is -0.113. The molecule has 1 aromatic heterocycles. The maximum absolute atomic E-state index is 12.3. The standard InChI is InChI=1S/C20H25N3O4S/c1-3-5-11-27-19(26)15-9-6-7-10-16(15)22-18(25)13-28-20-21-14(8-4-2)12-17(24)23-20/h6-7,9-10,12H,3-5,8,11,13H2,1-2H3,(H,22,25)(H,21,23,24). The summed E-state index contributed by atoms with van der Waals surface area (Å²) in [6.07, 6.45) is 3.31. The van der Waals surface area contributed by atoms with Gasteiger partial charge in [0.25, 0.3) is 5.56 Å². The molecule has 0 fully saturated rings. The molecule has 1 aromatic carbocycles. The maximum atomic E-state index is 12.3. The number of amides is 1. The van der Waals surface area contributed by atoms with Crippen molar-refractivity contribution < 1.29 is 14.3 Å². The molecule has 150 valence electrons. The predicted molar refractivity (Wildman–Crippen MR) is 110 cm³/mol. The van der Waals surface area contributed by atoms with Crippen molar-refractivity contribution in [1.29, 1.82) is 0 Å². The fraction of sp³-hybridized carbons (Fsp3) is 0.400. The summed E-state index contributed by atoms with van der Waals surface area (Å²) in [5, 5.41) is 3.13. The van der Waals surface area contributed by atoms with Crippen LogP contribution < -0.4 is 10.9 Å². The van der Waals surface area contributed by atoms with Crippen LogP contribution in [0, 0.1) is 0 Å². The van der Waals surface area contributed by atoms with Crippen LogP contribution >= 0.6 is 11.8 Å².